The van der Waals surface area contributed by atoms with Gasteiger partial charge in [0.25, 0.3) is 0 Å². The molecule has 88 valence electrons. The van der Waals surface area contributed by atoms with E-state index in [9.17, 15) is 0 Å². The van der Waals surface area contributed by atoms with Crippen molar-refractivity contribution in [3.8, 4) is 0 Å². The average molecular weight is 235 g/mol. The molecule has 1 fully saturated rings. The van der Waals surface area contributed by atoms with Crippen LogP contribution in [0.4, 0.5) is 0 Å². The van der Waals surface area contributed by atoms with Crippen LogP contribution in [0.5, 0.6) is 0 Å². The summed E-state index contributed by atoms with van der Waals surface area (Å²) in [5.41, 5.74) is 2.83. The van der Waals surface area contributed by atoms with Crippen molar-refractivity contribution in [1.82, 2.24) is 5.32 Å². The van der Waals surface area contributed by atoms with Crippen LogP contribution in [0.25, 0.3) is 0 Å². The van der Waals surface area contributed by atoms with Gasteiger partial charge in [-0.25, -0.2) is 0 Å². The van der Waals surface area contributed by atoms with Gasteiger partial charge in [-0.15, -0.1) is 0 Å². The first kappa shape index (κ1) is 12.0. The van der Waals surface area contributed by atoms with Gasteiger partial charge in [-0.2, -0.15) is 11.8 Å². The third kappa shape index (κ3) is 3.02. The third-order valence-corrected chi connectivity index (χ3v) is 4.62. The Morgan fingerprint density at radius 1 is 1.44 bits per heavy atom. The molecule has 2 atom stereocenters. The lowest BCUT2D eigenvalue weighted by atomic mass is 10.0. The average Bonchev–Trinajstić information content (AvgIpc) is 2.79. The van der Waals surface area contributed by atoms with E-state index in [1.165, 1.54) is 35.6 Å². The molecule has 1 N–H and O–H groups in total. The summed E-state index contributed by atoms with van der Waals surface area (Å²) in [5.74, 6) is 3.58. The Labute approximate surface area is 103 Å². The summed E-state index contributed by atoms with van der Waals surface area (Å²) in [6, 6.07) is 9.15. The van der Waals surface area contributed by atoms with Crippen LogP contribution in [0.3, 0.4) is 0 Å². The number of thioether (sulfide) groups is 1. The predicted octanol–water partition coefficient (Wildman–Crippen LogP) is 3.40. The van der Waals surface area contributed by atoms with Crippen LogP contribution < -0.4 is 5.32 Å². The van der Waals surface area contributed by atoms with Gasteiger partial charge in [0.15, 0.2) is 0 Å². The molecular formula is C14H21NS. The van der Waals surface area contributed by atoms with Crippen molar-refractivity contribution in [3.63, 3.8) is 0 Å². The van der Waals surface area contributed by atoms with Gasteiger partial charge in [0.1, 0.15) is 0 Å². The van der Waals surface area contributed by atoms with E-state index in [-0.39, 0.29) is 0 Å². The second-order valence-electron chi connectivity index (χ2n) is 4.72. The molecule has 1 saturated heterocycles. The van der Waals surface area contributed by atoms with E-state index in [2.05, 4.69) is 55.2 Å². The molecular weight excluding hydrogens is 214 g/mol. The minimum atomic E-state index is 0.479. The molecule has 2 rings (SSSR count). The summed E-state index contributed by atoms with van der Waals surface area (Å²) in [6.45, 7) is 5.63. The normalized spacial score (nSPS) is 22.2. The fourth-order valence-corrected chi connectivity index (χ4v) is 3.55. The molecule has 0 bridgehead atoms. The lowest BCUT2D eigenvalue weighted by molar-refractivity contribution is 0.476. The Hall–Kier alpha value is -0.470. The fourth-order valence-electron chi connectivity index (χ4n) is 2.27. The third-order valence-electron chi connectivity index (χ3n) is 3.39. The fraction of sp³-hybridized carbons (Fsp3) is 0.571. The van der Waals surface area contributed by atoms with Gasteiger partial charge < -0.3 is 5.32 Å². The van der Waals surface area contributed by atoms with Gasteiger partial charge >= 0.3 is 0 Å². The minimum absolute atomic E-state index is 0.479. The zero-order valence-corrected chi connectivity index (χ0v) is 11.0. The molecule has 16 heavy (non-hydrogen) atoms. The Morgan fingerprint density at radius 3 is 2.94 bits per heavy atom. The highest BCUT2D eigenvalue weighted by molar-refractivity contribution is 7.99. The molecule has 1 aliphatic heterocycles. The summed E-state index contributed by atoms with van der Waals surface area (Å²) >= 11 is 2.09. The van der Waals surface area contributed by atoms with E-state index in [1.807, 2.05) is 0 Å². The molecule has 0 spiro atoms. The van der Waals surface area contributed by atoms with Crippen LogP contribution >= 0.6 is 11.8 Å². The number of benzene rings is 1. The van der Waals surface area contributed by atoms with Crippen molar-refractivity contribution in [2.45, 2.75) is 26.3 Å². The van der Waals surface area contributed by atoms with Crippen LogP contribution in [0.15, 0.2) is 24.3 Å². The van der Waals surface area contributed by atoms with Crippen molar-refractivity contribution in [3.05, 3.63) is 35.4 Å². The first-order valence-electron chi connectivity index (χ1n) is 6.14. The van der Waals surface area contributed by atoms with E-state index >= 15 is 0 Å². The Bertz CT molecular complexity index is 331. The number of nitrogens with one attached hydrogen (secondary N) is 1. The summed E-state index contributed by atoms with van der Waals surface area (Å²) < 4.78 is 0. The summed E-state index contributed by atoms with van der Waals surface area (Å²) in [5, 5.41) is 3.67. The van der Waals surface area contributed by atoms with Crippen molar-refractivity contribution in [1.29, 1.82) is 0 Å². The van der Waals surface area contributed by atoms with Crippen LogP contribution in [-0.4, -0.2) is 18.1 Å². The molecule has 1 nitrogen and oxygen atoms in total. The van der Waals surface area contributed by atoms with Gasteiger partial charge in [-0.05, 0) is 55.4 Å². The van der Waals surface area contributed by atoms with E-state index in [0.717, 1.165) is 5.92 Å². The molecule has 1 heterocycles. The molecule has 2 unspecified atom stereocenters. The van der Waals surface area contributed by atoms with E-state index in [4.69, 9.17) is 0 Å². The second kappa shape index (κ2) is 5.74. The lowest BCUT2D eigenvalue weighted by Gasteiger charge is -2.18. The SMILES string of the molecule is Cc1ccccc1C(C)NCC1CCSC1. The monoisotopic (exact) mass is 235 g/mol. The molecule has 0 aromatic heterocycles. The smallest absolute Gasteiger partial charge is 0.0294 e. The molecule has 0 radical (unpaired) electrons. The zero-order chi connectivity index (χ0) is 11.4. The zero-order valence-electron chi connectivity index (χ0n) is 10.2. The predicted molar refractivity (Wildman–Crippen MR) is 73.0 cm³/mol. The van der Waals surface area contributed by atoms with Crippen molar-refractivity contribution in [2.75, 3.05) is 18.1 Å². The summed E-state index contributed by atoms with van der Waals surface area (Å²) in [7, 11) is 0. The highest BCUT2D eigenvalue weighted by Gasteiger charge is 2.16. The molecule has 0 saturated carbocycles. The summed E-state index contributed by atoms with van der Waals surface area (Å²) in [6.07, 6.45) is 1.39. The van der Waals surface area contributed by atoms with Gasteiger partial charge in [-0.1, -0.05) is 24.3 Å². The number of rotatable bonds is 4. The maximum absolute atomic E-state index is 3.67. The van der Waals surface area contributed by atoms with Crippen LogP contribution in [-0.2, 0) is 0 Å². The molecule has 0 amide bonds. The number of aryl methyl sites for hydroxylation is 1. The topological polar surface area (TPSA) is 12.0 Å². The van der Waals surface area contributed by atoms with Gasteiger partial charge in [-0.3, -0.25) is 0 Å². The van der Waals surface area contributed by atoms with Crippen LogP contribution in [0, 0.1) is 12.8 Å². The molecule has 1 aliphatic rings. The summed E-state index contributed by atoms with van der Waals surface area (Å²) in [4.78, 5) is 0. The number of hydrogen-bond donors (Lipinski definition) is 1. The van der Waals surface area contributed by atoms with Crippen LogP contribution in [0.2, 0.25) is 0 Å². The van der Waals surface area contributed by atoms with Gasteiger partial charge in [0, 0.05) is 6.04 Å². The van der Waals surface area contributed by atoms with Crippen molar-refractivity contribution >= 4 is 11.8 Å². The Kier molecular flexibility index (Phi) is 4.30. The lowest BCUT2D eigenvalue weighted by Crippen LogP contribution is -2.26. The maximum atomic E-state index is 3.67. The molecule has 2 heteroatoms. The molecule has 0 aliphatic carbocycles. The van der Waals surface area contributed by atoms with Crippen molar-refractivity contribution in [2.24, 2.45) is 5.92 Å². The number of hydrogen-bond acceptors (Lipinski definition) is 2. The highest BCUT2D eigenvalue weighted by atomic mass is 32.2. The Morgan fingerprint density at radius 2 is 2.25 bits per heavy atom. The van der Waals surface area contributed by atoms with E-state index in [1.54, 1.807) is 0 Å². The van der Waals surface area contributed by atoms with Gasteiger partial charge in [0.05, 0.1) is 0 Å². The minimum Gasteiger partial charge on any atom is -0.310 e. The standard InChI is InChI=1S/C14H21NS/c1-11-5-3-4-6-14(11)12(2)15-9-13-7-8-16-10-13/h3-6,12-13,15H,7-10H2,1-2H3. The van der Waals surface area contributed by atoms with Crippen molar-refractivity contribution < 1.29 is 0 Å². The largest absolute Gasteiger partial charge is 0.310 e. The van der Waals surface area contributed by atoms with Crippen LogP contribution in [0.1, 0.15) is 30.5 Å². The molecule has 1 aromatic rings. The first-order chi connectivity index (χ1) is 7.77. The maximum Gasteiger partial charge on any atom is 0.0294 e. The highest BCUT2D eigenvalue weighted by Crippen LogP contribution is 2.24. The molecule has 1 aromatic carbocycles. The quantitative estimate of drug-likeness (QED) is 0.858. The second-order valence-corrected chi connectivity index (χ2v) is 5.87. The van der Waals surface area contributed by atoms with E-state index < -0.39 is 0 Å². The van der Waals surface area contributed by atoms with E-state index in [0.29, 0.717) is 6.04 Å². The Balaban J connectivity index is 1.87. The first-order valence-corrected chi connectivity index (χ1v) is 7.29. The van der Waals surface area contributed by atoms with Gasteiger partial charge in [0.2, 0.25) is 0 Å².